The van der Waals surface area contributed by atoms with Gasteiger partial charge in [0.1, 0.15) is 12.3 Å². The molecule has 146 valence electrons. The first-order chi connectivity index (χ1) is 12.7. The lowest BCUT2D eigenvalue weighted by atomic mass is 10.2. The molecule has 0 saturated heterocycles. The summed E-state index contributed by atoms with van der Waals surface area (Å²) in [6.45, 7) is -0.946. The molecule has 0 aliphatic rings. The average molecular weight is 382 g/mol. The normalized spacial score (nSPS) is 11.0. The highest BCUT2D eigenvalue weighted by Crippen LogP contribution is 2.17. The van der Waals surface area contributed by atoms with Gasteiger partial charge in [0, 0.05) is 12.1 Å². The number of rotatable bonds is 9. The minimum Gasteiger partial charge on any atom is -0.469 e. The highest BCUT2D eigenvalue weighted by molar-refractivity contribution is 5.90. The molecule has 0 unspecified atom stereocenters. The largest absolute Gasteiger partial charge is 0.469 e. The van der Waals surface area contributed by atoms with Gasteiger partial charge in [-0.25, -0.2) is 4.79 Å². The van der Waals surface area contributed by atoms with Crippen molar-refractivity contribution in [3.8, 4) is 5.75 Å². The van der Waals surface area contributed by atoms with Gasteiger partial charge in [-0.1, -0.05) is 0 Å². The fraction of sp³-hybridized carbons (Fsp3) is 0.333. The number of benzene rings is 1. The van der Waals surface area contributed by atoms with Gasteiger partial charge in [0.25, 0.3) is 5.69 Å². The van der Waals surface area contributed by atoms with Crippen LogP contribution in [-0.4, -0.2) is 54.9 Å². The molecule has 12 heteroatoms. The number of ether oxygens (including phenoxy) is 2. The van der Waals surface area contributed by atoms with Gasteiger partial charge in [-0.05, 0) is 12.1 Å². The molecule has 4 N–H and O–H groups in total. The Morgan fingerprint density at radius 3 is 2.30 bits per heavy atom. The maximum absolute atomic E-state index is 11.6. The van der Waals surface area contributed by atoms with Crippen LogP contribution in [0.2, 0.25) is 0 Å². The van der Waals surface area contributed by atoms with Gasteiger partial charge in [-0.15, -0.1) is 0 Å². The van der Waals surface area contributed by atoms with Crippen LogP contribution in [0.1, 0.15) is 6.42 Å². The number of hydrogen-bond donors (Lipinski definition) is 3. The monoisotopic (exact) mass is 382 g/mol. The van der Waals surface area contributed by atoms with Gasteiger partial charge in [-0.3, -0.25) is 24.5 Å². The Hall–Kier alpha value is -3.54. The molecule has 1 rings (SSSR count). The minimum absolute atomic E-state index is 0.0712. The van der Waals surface area contributed by atoms with Crippen LogP contribution in [0.4, 0.5) is 5.69 Å². The lowest BCUT2D eigenvalue weighted by molar-refractivity contribution is -0.384. The van der Waals surface area contributed by atoms with E-state index in [1.165, 1.54) is 12.1 Å². The molecule has 27 heavy (non-hydrogen) atoms. The van der Waals surface area contributed by atoms with Crippen molar-refractivity contribution in [2.45, 2.75) is 12.5 Å². The summed E-state index contributed by atoms with van der Waals surface area (Å²) < 4.78 is 9.25. The lowest BCUT2D eigenvalue weighted by Gasteiger charge is -2.11. The molecular weight excluding hydrogens is 364 g/mol. The third-order valence-electron chi connectivity index (χ3n) is 3.08. The fourth-order valence-corrected chi connectivity index (χ4v) is 1.69. The fourth-order valence-electron chi connectivity index (χ4n) is 1.69. The molecule has 1 aromatic rings. The summed E-state index contributed by atoms with van der Waals surface area (Å²) >= 11 is 0. The van der Waals surface area contributed by atoms with Crippen LogP contribution in [0.3, 0.4) is 0 Å². The van der Waals surface area contributed by atoms with Crippen LogP contribution in [0.25, 0.3) is 0 Å². The zero-order chi connectivity index (χ0) is 20.4. The van der Waals surface area contributed by atoms with Crippen molar-refractivity contribution in [1.29, 1.82) is 0 Å². The predicted molar refractivity (Wildman–Crippen MR) is 89.4 cm³/mol. The Morgan fingerprint density at radius 2 is 1.74 bits per heavy atom. The van der Waals surface area contributed by atoms with E-state index < -0.39 is 47.8 Å². The van der Waals surface area contributed by atoms with Crippen molar-refractivity contribution < 1.29 is 33.6 Å². The SMILES string of the molecule is COC(=O)C[C@H](N)C(=O)NCC(=O)NCC(=O)Oc1ccc([N+](=O)[O-])cc1. The number of esters is 2. The molecule has 1 aromatic carbocycles. The maximum Gasteiger partial charge on any atom is 0.330 e. The number of carbonyl (C=O) groups is 4. The van der Waals surface area contributed by atoms with Crippen molar-refractivity contribution in [2.24, 2.45) is 5.73 Å². The van der Waals surface area contributed by atoms with E-state index in [4.69, 9.17) is 10.5 Å². The molecule has 0 heterocycles. The number of nitrogens with one attached hydrogen (secondary N) is 2. The molecule has 2 amide bonds. The Kier molecular flexibility index (Phi) is 8.32. The first-order valence-corrected chi connectivity index (χ1v) is 7.55. The van der Waals surface area contributed by atoms with Crippen molar-refractivity contribution in [3.63, 3.8) is 0 Å². The molecular formula is C15H18N4O8. The van der Waals surface area contributed by atoms with Crippen molar-refractivity contribution in [2.75, 3.05) is 20.2 Å². The second-order valence-corrected chi connectivity index (χ2v) is 5.11. The highest BCUT2D eigenvalue weighted by Gasteiger charge is 2.18. The van der Waals surface area contributed by atoms with E-state index in [9.17, 15) is 29.3 Å². The summed E-state index contributed by atoms with van der Waals surface area (Å²) in [4.78, 5) is 55.7. The van der Waals surface area contributed by atoms with Crippen LogP contribution < -0.4 is 21.1 Å². The van der Waals surface area contributed by atoms with Crippen molar-refractivity contribution in [3.05, 3.63) is 34.4 Å². The van der Waals surface area contributed by atoms with Gasteiger partial charge in [0.15, 0.2) is 0 Å². The summed E-state index contributed by atoms with van der Waals surface area (Å²) in [5.74, 6) is -2.83. The smallest absolute Gasteiger partial charge is 0.330 e. The summed E-state index contributed by atoms with van der Waals surface area (Å²) in [5, 5.41) is 14.9. The molecule has 0 radical (unpaired) electrons. The topological polar surface area (TPSA) is 180 Å². The molecule has 1 atom stereocenters. The molecule has 0 spiro atoms. The molecule has 0 aliphatic carbocycles. The number of methoxy groups -OCH3 is 1. The quantitative estimate of drug-likeness (QED) is 0.201. The van der Waals surface area contributed by atoms with Crippen molar-refractivity contribution >= 4 is 29.4 Å². The second kappa shape index (κ2) is 10.5. The van der Waals surface area contributed by atoms with E-state index >= 15 is 0 Å². The Morgan fingerprint density at radius 1 is 1.11 bits per heavy atom. The summed E-state index contributed by atoms with van der Waals surface area (Å²) in [6, 6.07) is 3.63. The number of nitrogens with zero attached hydrogens (tertiary/aromatic N) is 1. The highest BCUT2D eigenvalue weighted by atomic mass is 16.6. The average Bonchev–Trinajstić information content (AvgIpc) is 2.64. The second-order valence-electron chi connectivity index (χ2n) is 5.11. The number of nitro groups is 1. The molecule has 0 saturated carbocycles. The van der Waals surface area contributed by atoms with Crippen LogP contribution in [0, 0.1) is 10.1 Å². The first kappa shape index (κ1) is 21.5. The van der Waals surface area contributed by atoms with Gasteiger partial charge < -0.3 is 25.8 Å². The van der Waals surface area contributed by atoms with E-state index in [0.717, 1.165) is 19.2 Å². The number of nitro benzene ring substituents is 1. The Balaban J connectivity index is 2.32. The van der Waals surface area contributed by atoms with Crippen LogP contribution in [0.5, 0.6) is 5.75 Å². The van der Waals surface area contributed by atoms with Crippen LogP contribution in [-0.2, 0) is 23.9 Å². The number of nitrogens with two attached hydrogens (primary N) is 1. The standard InChI is InChI=1S/C15H18N4O8/c1-26-13(21)6-11(16)15(23)18-7-12(20)17-8-14(22)27-10-4-2-9(3-5-10)19(24)25/h2-5,11H,6-8,16H2,1H3,(H,17,20)(H,18,23)/t11-/m0/s1. The van der Waals surface area contributed by atoms with Gasteiger partial charge >= 0.3 is 11.9 Å². The van der Waals surface area contributed by atoms with Gasteiger partial charge in [0.05, 0.1) is 31.0 Å². The van der Waals surface area contributed by atoms with E-state index in [2.05, 4.69) is 15.4 Å². The first-order valence-electron chi connectivity index (χ1n) is 7.55. The molecule has 0 fully saturated rings. The number of amides is 2. The lowest BCUT2D eigenvalue weighted by Crippen LogP contribution is -2.46. The summed E-state index contributed by atoms with van der Waals surface area (Å²) in [6.07, 6.45) is -0.342. The minimum atomic E-state index is -1.17. The summed E-state index contributed by atoms with van der Waals surface area (Å²) in [5.41, 5.74) is 5.29. The Bertz CT molecular complexity index is 719. The zero-order valence-corrected chi connectivity index (χ0v) is 14.3. The number of non-ortho nitro benzene ring substituents is 1. The van der Waals surface area contributed by atoms with E-state index in [-0.39, 0.29) is 17.9 Å². The van der Waals surface area contributed by atoms with Crippen molar-refractivity contribution in [1.82, 2.24) is 10.6 Å². The van der Waals surface area contributed by atoms with Gasteiger partial charge in [-0.2, -0.15) is 0 Å². The maximum atomic E-state index is 11.6. The number of carbonyl (C=O) groups excluding carboxylic acids is 4. The third-order valence-corrected chi connectivity index (χ3v) is 3.08. The molecule has 0 bridgehead atoms. The molecule has 12 nitrogen and oxygen atoms in total. The van der Waals surface area contributed by atoms with E-state index in [0.29, 0.717) is 0 Å². The van der Waals surface area contributed by atoms with Gasteiger partial charge in [0.2, 0.25) is 11.8 Å². The van der Waals surface area contributed by atoms with Crippen LogP contribution >= 0.6 is 0 Å². The van der Waals surface area contributed by atoms with Crippen LogP contribution in [0.15, 0.2) is 24.3 Å². The number of hydrogen-bond acceptors (Lipinski definition) is 9. The Labute approximate surface area is 153 Å². The predicted octanol–water partition coefficient (Wildman–Crippen LogP) is -1.38. The third kappa shape index (κ3) is 7.92. The molecule has 0 aliphatic heterocycles. The molecule has 0 aromatic heterocycles. The van der Waals surface area contributed by atoms with E-state index in [1.807, 2.05) is 0 Å². The van der Waals surface area contributed by atoms with E-state index in [1.54, 1.807) is 0 Å². The summed E-state index contributed by atoms with van der Waals surface area (Å²) in [7, 11) is 1.15. The zero-order valence-electron chi connectivity index (χ0n) is 14.3.